The van der Waals surface area contributed by atoms with Crippen molar-refractivity contribution in [2.75, 3.05) is 25.5 Å². The molecule has 1 aliphatic rings. The second-order valence-electron chi connectivity index (χ2n) is 5.74. The van der Waals surface area contributed by atoms with E-state index in [1.807, 2.05) is 7.05 Å². The summed E-state index contributed by atoms with van der Waals surface area (Å²) in [6.07, 6.45) is 3.75. The fourth-order valence-corrected chi connectivity index (χ4v) is 2.87. The Balaban J connectivity index is 2.17. The molecule has 18 heavy (non-hydrogen) atoms. The molecule has 1 unspecified atom stereocenters. The van der Waals surface area contributed by atoms with Crippen LogP contribution in [0.2, 0.25) is 0 Å². The number of nitrogens with zero attached hydrogens (tertiary/aromatic N) is 1. The quantitative estimate of drug-likeness (QED) is 0.878. The maximum Gasteiger partial charge on any atom is 0.0398 e. The molecule has 0 saturated heterocycles. The van der Waals surface area contributed by atoms with E-state index in [2.05, 4.69) is 49.3 Å². The molecule has 0 spiro atoms. The van der Waals surface area contributed by atoms with Gasteiger partial charge in [-0.15, -0.1) is 0 Å². The molecule has 1 aliphatic heterocycles. The average molecular weight is 246 g/mol. The van der Waals surface area contributed by atoms with E-state index in [0.717, 1.165) is 6.54 Å². The average Bonchev–Trinajstić information content (AvgIpc) is 2.37. The third kappa shape index (κ3) is 2.69. The van der Waals surface area contributed by atoms with Gasteiger partial charge in [0.25, 0.3) is 0 Å². The Hall–Kier alpha value is -1.02. The Kier molecular flexibility index (Phi) is 4.28. The van der Waals surface area contributed by atoms with Gasteiger partial charge in [-0.25, -0.2) is 0 Å². The predicted molar refractivity (Wildman–Crippen MR) is 79.6 cm³/mol. The molecule has 1 N–H and O–H groups in total. The van der Waals surface area contributed by atoms with Crippen LogP contribution in [0.3, 0.4) is 0 Å². The van der Waals surface area contributed by atoms with Gasteiger partial charge in [0.15, 0.2) is 0 Å². The number of aryl methyl sites for hydroxylation is 1. The van der Waals surface area contributed by atoms with Gasteiger partial charge >= 0.3 is 0 Å². The van der Waals surface area contributed by atoms with Crippen molar-refractivity contribution in [3.05, 3.63) is 29.3 Å². The molecule has 0 saturated carbocycles. The topological polar surface area (TPSA) is 15.3 Å². The molecule has 1 aromatic carbocycles. The standard InChI is InChI=1S/C16H26N2/c1-12(2)13-6-8-16-14(11-13)5-7-15(18(16)4)9-10-17-3/h6,8,11-12,15,17H,5,7,9-10H2,1-4H3. The van der Waals surface area contributed by atoms with Crippen molar-refractivity contribution in [3.63, 3.8) is 0 Å². The molecule has 2 heteroatoms. The van der Waals surface area contributed by atoms with Crippen LogP contribution in [0.15, 0.2) is 18.2 Å². The second-order valence-corrected chi connectivity index (χ2v) is 5.74. The normalized spacial score (nSPS) is 19.2. The molecular weight excluding hydrogens is 220 g/mol. The maximum absolute atomic E-state index is 3.26. The minimum atomic E-state index is 0.627. The molecule has 1 aromatic rings. The Labute approximate surface area is 111 Å². The van der Waals surface area contributed by atoms with Crippen LogP contribution in [0.4, 0.5) is 5.69 Å². The second kappa shape index (κ2) is 5.75. The van der Waals surface area contributed by atoms with Crippen molar-refractivity contribution < 1.29 is 0 Å². The van der Waals surface area contributed by atoms with Gasteiger partial charge in [0.2, 0.25) is 0 Å². The van der Waals surface area contributed by atoms with Gasteiger partial charge in [-0.3, -0.25) is 0 Å². The van der Waals surface area contributed by atoms with Crippen molar-refractivity contribution in [3.8, 4) is 0 Å². The Bertz CT molecular complexity index is 398. The zero-order valence-electron chi connectivity index (χ0n) is 12.2. The summed E-state index contributed by atoms with van der Waals surface area (Å²) in [5.41, 5.74) is 4.44. The fraction of sp³-hybridized carbons (Fsp3) is 0.625. The molecule has 0 fully saturated rings. The van der Waals surface area contributed by atoms with Crippen molar-refractivity contribution in [1.82, 2.24) is 5.32 Å². The van der Waals surface area contributed by atoms with Crippen molar-refractivity contribution in [1.29, 1.82) is 0 Å². The Morgan fingerprint density at radius 3 is 2.83 bits per heavy atom. The minimum Gasteiger partial charge on any atom is -0.371 e. The molecule has 2 nitrogen and oxygen atoms in total. The van der Waals surface area contributed by atoms with Gasteiger partial charge in [0, 0.05) is 18.8 Å². The van der Waals surface area contributed by atoms with Crippen LogP contribution in [0, 0.1) is 0 Å². The number of benzene rings is 1. The van der Waals surface area contributed by atoms with Crippen molar-refractivity contribution >= 4 is 5.69 Å². The maximum atomic E-state index is 3.26. The zero-order valence-corrected chi connectivity index (χ0v) is 12.2. The molecule has 2 rings (SSSR count). The van der Waals surface area contributed by atoms with Crippen LogP contribution in [0.1, 0.15) is 43.7 Å². The van der Waals surface area contributed by atoms with E-state index >= 15 is 0 Å². The minimum absolute atomic E-state index is 0.627. The first-order valence-corrected chi connectivity index (χ1v) is 7.13. The summed E-state index contributed by atoms with van der Waals surface area (Å²) in [7, 11) is 4.28. The summed E-state index contributed by atoms with van der Waals surface area (Å²) in [6.45, 7) is 5.64. The predicted octanol–water partition coefficient (Wildman–Crippen LogP) is 3.17. The molecule has 0 radical (unpaired) electrons. The lowest BCUT2D eigenvalue weighted by Gasteiger charge is -2.36. The van der Waals surface area contributed by atoms with Crippen LogP contribution in [-0.2, 0) is 6.42 Å². The first-order chi connectivity index (χ1) is 8.63. The summed E-state index contributed by atoms with van der Waals surface area (Å²) in [5, 5.41) is 3.26. The molecule has 1 atom stereocenters. The SMILES string of the molecule is CNCCC1CCc2cc(C(C)C)ccc2N1C. The first-order valence-electron chi connectivity index (χ1n) is 7.13. The smallest absolute Gasteiger partial charge is 0.0398 e. The van der Waals surface area contributed by atoms with E-state index < -0.39 is 0 Å². The number of hydrogen-bond donors (Lipinski definition) is 1. The lowest BCUT2D eigenvalue weighted by molar-refractivity contribution is 0.509. The highest BCUT2D eigenvalue weighted by atomic mass is 15.1. The van der Waals surface area contributed by atoms with Crippen LogP contribution < -0.4 is 10.2 Å². The molecule has 0 bridgehead atoms. The van der Waals surface area contributed by atoms with Gasteiger partial charge in [0.1, 0.15) is 0 Å². The monoisotopic (exact) mass is 246 g/mol. The van der Waals surface area contributed by atoms with E-state index in [1.165, 1.54) is 36.1 Å². The lowest BCUT2D eigenvalue weighted by Crippen LogP contribution is -2.37. The van der Waals surface area contributed by atoms with E-state index in [1.54, 1.807) is 0 Å². The summed E-state index contributed by atoms with van der Waals surface area (Å²) in [6, 6.07) is 7.70. The third-order valence-corrected chi connectivity index (χ3v) is 4.17. The molecule has 100 valence electrons. The van der Waals surface area contributed by atoms with E-state index in [4.69, 9.17) is 0 Å². The number of anilines is 1. The highest BCUT2D eigenvalue weighted by molar-refractivity contribution is 5.57. The molecule has 0 aromatic heterocycles. The van der Waals surface area contributed by atoms with E-state index in [9.17, 15) is 0 Å². The van der Waals surface area contributed by atoms with Crippen LogP contribution in [0.25, 0.3) is 0 Å². The number of nitrogens with one attached hydrogen (secondary N) is 1. The van der Waals surface area contributed by atoms with Crippen LogP contribution >= 0.6 is 0 Å². The number of hydrogen-bond acceptors (Lipinski definition) is 2. The van der Waals surface area contributed by atoms with Crippen LogP contribution in [0.5, 0.6) is 0 Å². The first kappa shape index (κ1) is 13.4. The Morgan fingerprint density at radius 2 is 2.17 bits per heavy atom. The fourth-order valence-electron chi connectivity index (χ4n) is 2.87. The number of fused-ring (bicyclic) bond motifs is 1. The van der Waals surface area contributed by atoms with Crippen molar-refractivity contribution in [2.45, 2.75) is 45.1 Å². The largest absolute Gasteiger partial charge is 0.371 e. The summed E-state index contributed by atoms with van der Waals surface area (Å²) in [5.74, 6) is 0.627. The Morgan fingerprint density at radius 1 is 1.39 bits per heavy atom. The van der Waals surface area contributed by atoms with Gasteiger partial charge in [-0.05, 0) is 56.0 Å². The summed E-state index contributed by atoms with van der Waals surface area (Å²) < 4.78 is 0. The third-order valence-electron chi connectivity index (χ3n) is 4.17. The summed E-state index contributed by atoms with van der Waals surface area (Å²) >= 11 is 0. The lowest BCUT2D eigenvalue weighted by atomic mass is 9.91. The van der Waals surface area contributed by atoms with Crippen molar-refractivity contribution in [2.24, 2.45) is 0 Å². The zero-order chi connectivity index (χ0) is 13.1. The highest BCUT2D eigenvalue weighted by Crippen LogP contribution is 2.32. The number of rotatable bonds is 4. The molecule has 1 heterocycles. The molecule has 0 aliphatic carbocycles. The van der Waals surface area contributed by atoms with E-state index in [0.29, 0.717) is 12.0 Å². The van der Waals surface area contributed by atoms with Gasteiger partial charge in [0.05, 0.1) is 0 Å². The summed E-state index contributed by atoms with van der Waals surface area (Å²) in [4.78, 5) is 2.47. The molecule has 0 amide bonds. The van der Waals surface area contributed by atoms with Gasteiger partial charge in [-0.2, -0.15) is 0 Å². The van der Waals surface area contributed by atoms with Crippen LogP contribution in [-0.4, -0.2) is 26.7 Å². The highest BCUT2D eigenvalue weighted by Gasteiger charge is 2.23. The molecular formula is C16H26N2. The van der Waals surface area contributed by atoms with Gasteiger partial charge in [-0.1, -0.05) is 26.0 Å². The van der Waals surface area contributed by atoms with E-state index in [-0.39, 0.29) is 0 Å². The van der Waals surface area contributed by atoms with Gasteiger partial charge < -0.3 is 10.2 Å².